The molecule has 32 heavy (non-hydrogen) atoms. The molecule has 0 amide bonds. The standard InChI is InChI=1S/C19H19ClFN5O4S2/c1-25(32(22,28)29)11-8-14-15(19(27)30-2)16(12-4-3-10(21)7-13(12)20)24-17(26(14)9-11)18-23-5-6-31-18/h3-7,11,16H,8-9H2,1-2H3,(H2,22,28,29)/t11-,16-/m0/s1. The van der Waals surface area contributed by atoms with Gasteiger partial charge in [-0.05, 0) is 12.1 Å². The van der Waals surface area contributed by atoms with E-state index in [9.17, 15) is 17.6 Å². The van der Waals surface area contributed by atoms with E-state index in [1.807, 2.05) is 0 Å². The summed E-state index contributed by atoms with van der Waals surface area (Å²) in [4.78, 5) is 23.7. The van der Waals surface area contributed by atoms with Crippen molar-refractivity contribution in [1.29, 1.82) is 0 Å². The second-order valence-corrected chi connectivity index (χ2v) is 10.1. The van der Waals surface area contributed by atoms with Crippen LogP contribution in [0.15, 0.2) is 46.0 Å². The van der Waals surface area contributed by atoms with Crippen LogP contribution in [-0.4, -0.2) is 61.2 Å². The van der Waals surface area contributed by atoms with Gasteiger partial charge in [-0.15, -0.1) is 11.3 Å². The Morgan fingerprint density at radius 2 is 2.19 bits per heavy atom. The number of aliphatic imine (C=N–C) groups is 1. The molecule has 4 rings (SSSR count). The van der Waals surface area contributed by atoms with Crippen LogP contribution in [0.2, 0.25) is 5.02 Å². The molecule has 0 saturated carbocycles. The molecule has 2 aromatic rings. The highest BCUT2D eigenvalue weighted by molar-refractivity contribution is 7.86. The minimum absolute atomic E-state index is 0.101. The molecule has 0 bridgehead atoms. The third-order valence-electron chi connectivity index (χ3n) is 5.44. The van der Waals surface area contributed by atoms with E-state index in [0.29, 0.717) is 22.1 Å². The SMILES string of the molecule is COC(=O)C1=C2C[C@H](N(C)S(N)(=O)=O)CN2C(c2nccs2)=N[C@H]1c1ccc(F)cc1Cl. The first kappa shape index (κ1) is 22.8. The molecular formula is C19H19ClFN5O4S2. The fourth-order valence-electron chi connectivity index (χ4n) is 3.85. The van der Waals surface area contributed by atoms with Gasteiger partial charge in [-0.2, -0.15) is 12.7 Å². The number of amidine groups is 1. The van der Waals surface area contributed by atoms with Gasteiger partial charge in [0.1, 0.15) is 11.9 Å². The molecule has 3 heterocycles. The zero-order chi connectivity index (χ0) is 23.2. The number of nitrogens with two attached hydrogens (primary N) is 1. The molecule has 0 spiro atoms. The molecule has 1 fully saturated rings. The number of likely N-dealkylation sites (N-methyl/N-ethyl adjacent to an activating group) is 1. The maximum absolute atomic E-state index is 13.7. The lowest BCUT2D eigenvalue weighted by molar-refractivity contribution is -0.136. The average Bonchev–Trinajstić information content (AvgIpc) is 3.41. The number of fused-ring (bicyclic) bond motifs is 1. The van der Waals surface area contributed by atoms with Gasteiger partial charge in [-0.1, -0.05) is 17.7 Å². The Balaban J connectivity index is 1.91. The van der Waals surface area contributed by atoms with Gasteiger partial charge in [0.25, 0.3) is 10.2 Å². The minimum Gasteiger partial charge on any atom is -0.466 e. The second kappa shape index (κ2) is 8.52. The lowest BCUT2D eigenvalue weighted by Crippen LogP contribution is -2.43. The number of rotatable bonds is 5. The molecular weight excluding hydrogens is 481 g/mol. The number of nitrogens with zero attached hydrogens (tertiary/aromatic N) is 4. The summed E-state index contributed by atoms with van der Waals surface area (Å²) in [6.45, 7) is 0.213. The van der Waals surface area contributed by atoms with Crippen molar-refractivity contribution in [3.8, 4) is 0 Å². The van der Waals surface area contributed by atoms with Crippen LogP contribution in [0.1, 0.15) is 23.0 Å². The van der Waals surface area contributed by atoms with Crippen LogP contribution in [0.5, 0.6) is 0 Å². The highest BCUT2D eigenvalue weighted by Crippen LogP contribution is 2.43. The molecule has 9 nitrogen and oxygen atoms in total. The van der Waals surface area contributed by atoms with Crippen LogP contribution < -0.4 is 5.14 Å². The lowest BCUT2D eigenvalue weighted by Gasteiger charge is -2.31. The first-order valence-electron chi connectivity index (χ1n) is 9.39. The van der Waals surface area contributed by atoms with E-state index >= 15 is 0 Å². The third kappa shape index (κ3) is 4.04. The quantitative estimate of drug-likeness (QED) is 0.629. The molecule has 2 atom stereocenters. The van der Waals surface area contributed by atoms with Crippen molar-refractivity contribution in [2.24, 2.45) is 10.1 Å². The largest absolute Gasteiger partial charge is 0.466 e. The van der Waals surface area contributed by atoms with Crippen molar-refractivity contribution in [1.82, 2.24) is 14.2 Å². The summed E-state index contributed by atoms with van der Waals surface area (Å²) in [6.07, 6.45) is 1.81. The predicted molar refractivity (Wildman–Crippen MR) is 118 cm³/mol. The van der Waals surface area contributed by atoms with Crippen LogP contribution in [0.4, 0.5) is 4.39 Å². The second-order valence-electron chi connectivity index (χ2n) is 7.24. The highest BCUT2D eigenvalue weighted by atomic mass is 35.5. The van der Waals surface area contributed by atoms with Gasteiger partial charge in [0, 0.05) is 53.9 Å². The maximum atomic E-state index is 13.7. The van der Waals surface area contributed by atoms with Crippen LogP contribution in [0.25, 0.3) is 0 Å². The van der Waals surface area contributed by atoms with Gasteiger partial charge < -0.3 is 9.64 Å². The van der Waals surface area contributed by atoms with Crippen molar-refractivity contribution in [3.05, 3.63) is 62.5 Å². The van der Waals surface area contributed by atoms with Gasteiger partial charge >= 0.3 is 5.97 Å². The number of thiazole rings is 1. The Bertz CT molecular complexity index is 1230. The van der Waals surface area contributed by atoms with Gasteiger partial charge in [0.05, 0.1) is 12.7 Å². The number of carbonyl (C=O) groups excluding carboxylic acids is 1. The molecule has 2 N–H and O–H groups in total. The average molecular weight is 500 g/mol. The first-order chi connectivity index (χ1) is 15.1. The van der Waals surface area contributed by atoms with E-state index in [1.165, 1.54) is 37.6 Å². The number of aromatic nitrogens is 1. The van der Waals surface area contributed by atoms with Crippen molar-refractivity contribution in [3.63, 3.8) is 0 Å². The Morgan fingerprint density at radius 3 is 2.78 bits per heavy atom. The van der Waals surface area contributed by atoms with E-state index in [4.69, 9.17) is 26.5 Å². The number of benzene rings is 1. The normalized spacial score (nSPS) is 21.1. The zero-order valence-corrected chi connectivity index (χ0v) is 19.4. The summed E-state index contributed by atoms with van der Waals surface area (Å²) in [6, 6.07) is 2.41. The summed E-state index contributed by atoms with van der Waals surface area (Å²) in [5, 5.41) is 7.79. The lowest BCUT2D eigenvalue weighted by atomic mass is 9.94. The summed E-state index contributed by atoms with van der Waals surface area (Å²) < 4.78 is 43.7. The van der Waals surface area contributed by atoms with Gasteiger partial charge in [0.15, 0.2) is 10.8 Å². The number of ether oxygens (including phenoxy) is 1. The Kier molecular flexibility index (Phi) is 6.07. The predicted octanol–water partition coefficient (Wildman–Crippen LogP) is 2.07. The fourth-order valence-corrected chi connectivity index (χ4v) is 5.31. The molecule has 1 aromatic carbocycles. The van der Waals surface area contributed by atoms with Gasteiger partial charge in [-0.3, -0.25) is 4.99 Å². The molecule has 2 aliphatic rings. The molecule has 0 unspecified atom stereocenters. The topological polar surface area (TPSA) is 118 Å². The third-order valence-corrected chi connectivity index (χ3v) is 7.64. The van der Waals surface area contributed by atoms with Crippen molar-refractivity contribution in [2.45, 2.75) is 18.5 Å². The smallest absolute Gasteiger partial charge is 0.338 e. The van der Waals surface area contributed by atoms with E-state index in [1.54, 1.807) is 16.5 Å². The number of hydrogen-bond donors (Lipinski definition) is 1. The molecule has 170 valence electrons. The number of halogens is 2. The number of carbonyl (C=O) groups is 1. The Morgan fingerprint density at radius 1 is 1.44 bits per heavy atom. The van der Waals surface area contributed by atoms with Crippen molar-refractivity contribution in [2.75, 3.05) is 20.7 Å². The highest BCUT2D eigenvalue weighted by Gasteiger charge is 2.44. The number of esters is 1. The minimum atomic E-state index is -3.97. The van der Waals surface area contributed by atoms with Crippen LogP contribution in [0.3, 0.4) is 0 Å². The van der Waals surface area contributed by atoms with E-state index in [0.717, 1.165) is 10.4 Å². The van der Waals surface area contributed by atoms with Gasteiger partial charge in [0.2, 0.25) is 0 Å². The zero-order valence-electron chi connectivity index (χ0n) is 17.0. The Hall–Kier alpha value is -2.38. The molecule has 1 saturated heterocycles. The van der Waals surface area contributed by atoms with E-state index in [-0.39, 0.29) is 23.6 Å². The Labute approximate surface area is 193 Å². The molecule has 0 aliphatic carbocycles. The molecule has 0 radical (unpaired) electrons. The fraction of sp³-hybridized carbons (Fsp3) is 0.316. The van der Waals surface area contributed by atoms with Crippen molar-refractivity contribution < 1.29 is 22.3 Å². The summed E-state index contributed by atoms with van der Waals surface area (Å²) in [7, 11) is -1.35. The number of hydrogen-bond acceptors (Lipinski definition) is 8. The van der Waals surface area contributed by atoms with Crippen molar-refractivity contribution >= 4 is 45.0 Å². The monoisotopic (exact) mass is 499 g/mol. The van der Waals surface area contributed by atoms with Crippen LogP contribution in [0, 0.1) is 5.82 Å². The maximum Gasteiger partial charge on any atom is 0.338 e. The molecule has 13 heteroatoms. The summed E-state index contributed by atoms with van der Waals surface area (Å²) >= 11 is 7.66. The number of methoxy groups -OCH3 is 1. The molecule has 2 aliphatic heterocycles. The molecule has 1 aromatic heterocycles. The van der Waals surface area contributed by atoms with E-state index in [2.05, 4.69) is 4.98 Å². The van der Waals surface area contributed by atoms with E-state index < -0.39 is 34.1 Å². The summed E-state index contributed by atoms with van der Waals surface area (Å²) in [5.41, 5.74) is 1.15. The van der Waals surface area contributed by atoms with Crippen LogP contribution >= 0.6 is 22.9 Å². The van der Waals surface area contributed by atoms with Gasteiger partial charge in [-0.25, -0.2) is 19.3 Å². The first-order valence-corrected chi connectivity index (χ1v) is 12.1. The van der Waals surface area contributed by atoms with Crippen LogP contribution in [-0.2, 0) is 19.7 Å². The summed E-state index contributed by atoms with van der Waals surface area (Å²) in [5.74, 6) is -0.710.